The Morgan fingerprint density at radius 2 is 2.23 bits per heavy atom. The van der Waals surface area contributed by atoms with Gasteiger partial charge in [-0.05, 0) is 24.8 Å². The van der Waals surface area contributed by atoms with Crippen LogP contribution in [0.15, 0.2) is 24.3 Å². The first-order chi connectivity index (χ1) is 10.5. The SMILES string of the molecule is CCC(NC(=O)NCC1(CO)CC1)c1cccc([N+](=O)[O-])c1. The van der Waals surface area contributed by atoms with Crippen LogP contribution < -0.4 is 10.6 Å². The van der Waals surface area contributed by atoms with E-state index in [1.54, 1.807) is 12.1 Å². The molecule has 7 heteroatoms. The van der Waals surface area contributed by atoms with Gasteiger partial charge in [-0.2, -0.15) is 0 Å². The monoisotopic (exact) mass is 307 g/mol. The maximum atomic E-state index is 12.0. The lowest BCUT2D eigenvalue weighted by Crippen LogP contribution is -2.41. The first kappa shape index (κ1) is 16.2. The number of urea groups is 1. The summed E-state index contributed by atoms with van der Waals surface area (Å²) in [7, 11) is 0. The molecule has 0 radical (unpaired) electrons. The van der Waals surface area contributed by atoms with Gasteiger partial charge in [0.2, 0.25) is 0 Å². The van der Waals surface area contributed by atoms with Crippen molar-refractivity contribution in [1.29, 1.82) is 0 Å². The molecule has 0 aliphatic heterocycles. The van der Waals surface area contributed by atoms with Crippen LogP contribution in [0.1, 0.15) is 37.8 Å². The van der Waals surface area contributed by atoms with Crippen molar-refractivity contribution in [2.45, 2.75) is 32.2 Å². The van der Waals surface area contributed by atoms with Crippen molar-refractivity contribution in [3.8, 4) is 0 Å². The Kier molecular flexibility index (Phi) is 4.97. The number of non-ortho nitro benzene ring substituents is 1. The zero-order valence-electron chi connectivity index (χ0n) is 12.5. The maximum Gasteiger partial charge on any atom is 0.315 e. The van der Waals surface area contributed by atoms with E-state index in [2.05, 4.69) is 10.6 Å². The van der Waals surface area contributed by atoms with E-state index in [1.165, 1.54) is 12.1 Å². The predicted octanol–water partition coefficient (Wildman–Crippen LogP) is 2.12. The fourth-order valence-electron chi connectivity index (χ4n) is 2.32. The molecule has 1 unspecified atom stereocenters. The summed E-state index contributed by atoms with van der Waals surface area (Å²) in [5.74, 6) is 0. The number of nitro benzene ring substituents is 1. The van der Waals surface area contributed by atoms with Crippen LogP contribution in [0.5, 0.6) is 0 Å². The molecule has 0 spiro atoms. The van der Waals surface area contributed by atoms with E-state index in [1.807, 2.05) is 6.92 Å². The third-order valence-electron chi connectivity index (χ3n) is 4.11. The molecule has 1 aromatic carbocycles. The molecule has 22 heavy (non-hydrogen) atoms. The smallest absolute Gasteiger partial charge is 0.315 e. The first-order valence-electron chi connectivity index (χ1n) is 7.39. The van der Waals surface area contributed by atoms with Gasteiger partial charge in [0.15, 0.2) is 0 Å². The fourth-order valence-corrected chi connectivity index (χ4v) is 2.32. The normalized spacial score (nSPS) is 16.6. The zero-order valence-corrected chi connectivity index (χ0v) is 12.5. The topological polar surface area (TPSA) is 104 Å². The summed E-state index contributed by atoms with van der Waals surface area (Å²) < 4.78 is 0. The van der Waals surface area contributed by atoms with Gasteiger partial charge in [-0.3, -0.25) is 10.1 Å². The average Bonchev–Trinajstić information content (AvgIpc) is 3.31. The van der Waals surface area contributed by atoms with E-state index in [-0.39, 0.29) is 29.8 Å². The second-order valence-electron chi connectivity index (χ2n) is 5.80. The van der Waals surface area contributed by atoms with Gasteiger partial charge in [0, 0.05) is 24.1 Å². The van der Waals surface area contributed by atoms with Crippen LogP contribution in [0, 0.1) is 15.5 Å². The zero-order chi connectivity index (χ0) is 16.2. The minimum Gasteiger partial charge on any atom is -0.396 e. The molecule has 7 nitrogen and oxygen atoms in total. The molecule has 2 amide bonds. The number of hydrogen-bond acceptors (Lipinski definition) is 4. The number of benzene rings is 1. The Hall–Kier alpha value is -2.15. The molecule has 120 valence electrons. The van der Waals surface area contributed by atoms with E-state index in [0.29, 0.717) is 18.5 Å². The molecule has 1 aliphatic carbocycles. The molecule has 0 heterocycles. The molecule has 1 atom stereocenters. The molecule has 2 rings (SSSR count). The molecule has 1 aliphatic rings. The summed E-state index contributed by atoms with van der Waals surface area (Å²) >= 11 is 0. The van der Waals surface area contributed by atoms with E-state index < -0.39 is 4.92 Å². The predicted molar refractivity (Wildman–Crippen MR) is 81.4 cm³/mol. The number of amides is 2. The Morgan fingerprint density at radius 3 is 2.77 bits per heavy atom. The van der Waals surface area contributed by atoms with E-state index in [9.17, 15) is 20.0 Å². The highest BCUT2D eigenvalue weighted by atomic mass is 16.6. The fraction of sp³-hybridized carbons (Fsp3) is 0.533. The van der Waals surface area contributed by atoms with Gasteiger partial charge in [-0.25, -0.2) is 4.79 Å². The van der Waals surface area contributed by atoms with Gasteiger partial charge in [-0.1, -0.05) is 19.1 Å². The molecular formula is C15H21N3O4. The number of nitro groups is 1. The van der Waals surface area contributed by atoms with E-state index in [0.717, 1.165) is 12.8 Å². The van der Waals surface area contributed by atoms with Crippen molar-refractivity contribution in [3.05, 3.63) is 39.9 Å². The van der Waals surface area contributed by atoms with Crippen LogP contribution in [-0.2, 0) is 0 Å². The lowest BCUT2D eigenvalue weighted by molar-refractivity contribution is -0.384. The van der Waals surface area contributed by atoms with Crippen LogP contribution >= 0.6 is 0 Å². The summed E-state index contributed by atoms with van der Waals surface area (Å²) in [6.45, 7) is 2.43. The Bertz CT molecular complexity index is 557. The standard InChI is InChI=1S/C15H21N3O4/c1-2-13(11-4-3-5-12(8-11)18(21)22)17-14(20)16-9-15(10-19)6-7-15/h3-5,8,13,19H,2,6-7,9-10H2,1H3,(H2,16,17,20). The number of carbonyl (C=O) groups excluding carboxylic acids is 1. The van der Waals surface area contributed by atoms with E-state index >= 15 is 0 Å². The van der Waals surface area contributed by atoms with Crippen LogP contribution in [0.4, 0.5) is 10.5 Å². The summed E-state index contributed by atoms with van der Waals surface area (Å²) in [4.78, 5) is 22.3. The third kappa shape index (κ3) is 3.94. The summed E-state index contributed by atoms with van der Waals surface area (Å²) in [5, 5.41) is 25.6. The summed E-state index contributed by atoms with van der Waals surface area (Å²) in [5.41, 5.74) is 0.565. The molecule has 1 aromatic rings. The van der Waals surface area contributed by atoms with Crippen LogP contribution in [0.2, 0.25) is 0 Å². The van der Waals surface area contributed by atoms with Gasteiger partial charge < -0.3 is 15.7 Å². The van der Waals surface area contributed by atoms with Crippen molar-refractivity contribution in [1.82, 2.24) is 10.6 Å². The number of aliphatic hydroxyl groups excluding tert-OH is 1. The van der Waals surface area contributed by atoms with E-state index in [4.69, 9.17) is 0 Å². The Labute approximate surface area is 128 Å². The van der Waals surface area contributed by atoms with Gasteiger partial charge in [0.1, 0.15) is 0 Å². The Morgan fingerprint density at radius 1 is 1.50 bits per heavy atom. The number of carbonyl (C=O) groups is 1. The molecular weight excluding hydrogens is 286 g/mol. The van der Waals surface area contributed by atoms with Gasteiger partial charge in [-0.15, -0.1) is 0 Å². The molecule has 0 bridgehead atoms. The number of hydrogen-bond donors (Lipinski definition) is 3. The lowest BCUT2D eigenvalue weighted by atomic mass is 10.0. The summed E-state index contributed by atoms with van der Waals surface area (Å²) in [6, 6.07) is 5.67. The number of rotatable bonds is 7. The maximum absolute atomic E-state index is 12.0. The van der Waals surface area contributed by atoms with Gasteiger partial charge in [0.05, 0.1) is 17.6 Å². The first-order valence-corrected chi connectivity index (χ1v) is 7.39. The van der Waals surface area contributed by atoms with Crippen molar-refractivity contribution in [2.75, 3.05) is 13.2 Å². The Balaban J connectivity index is 1.95. The van der Waals surface area contributed by atoms with Crippen molar-refractivity contribution >= 4 is 11.7 Å². The van der Waals surface area contributed by atoms with Crippen LogP contribution in [0.25, 0.3) is 0 Å². The summed E-state index contributed by atoms with van der Waals surface area (Å²) in [6.07, 6.45) is 2.47. The molecule has 0 aromatic heterocycles. The molecule has 1 saturated carbocycles. The van der Waals surface area contributed by atoms with Gasteiger partial charge >= 0.3 is 6.03 Å². The highest BCUT2D eigenvalue weighted by Gasteiger charge is 2.42. The molecule has 1 fully saturated rings. The quantitative estimate of drug-likeness (QED) is 0.530. The van der Waals surface area contributed by atoms with Crippen molar-refractivity contribution in [2.24, 2.45) is 5.41 Å². The molecule has 0 saturated heterocycles. The second-order valence-corrected chi connectivity index (χ2v) is 5.80. The highest BCUT2D eigenvalue weighted by molar-refractivity contribution is 5.74. The van der Waals surface area contributed by atoms with Crippen molar-refractivity contribution < 1.29 is 14.8 Å². The van der Waals surface area contributed by atoms with Crippen LogP contribution in [-0.4, -0.2) is 29.2 Å². The largest absolute Gasteiger partial charge is 0.396 e. The molecule has 3 N–H and O–H groups in total. The lowest BCUT2D eigenvalue weighted by Gasteiger charge is -2.19. The van der Waals surface area contributed by atoms with Crippen molar-refractivity contribution in [3.63, 3.8) is 0 Å². The minimum absolute atomic E-state index is 0.00960. The van der Waals surface area contributed by atoms with Crippen LogP contribution in [0.3, 0.4) is 0 Å². The number of aliphatic hydroxyl groups is 1. The number of nitrogens with zero attached hydrogens (tertiary/aromatic N) is 1. The minimum atomic E-state index is -0.450. The van der Waals surface area contributed by atoms with Gasteiger partial charge in [0.25, 0.3) is 5.69 Å². The highest BCUT2D eigenvalue weighted by Crippen LogP contribution is 2.44. The third-order valence-corrected chi connectivity index (χ3v) is 4.11. The average molecular weight is 307 g/mol. The number of nitrogens with one attached hydrogen (secondary N) is 2. The second kappa shape index (κ2) is 6.74.